The first kappa shape index (κ1) is 22.9. The van der Waals surface area contributed by atoms with E-state index >= 15 is 0 Å². The molecule has 0 bridgehead atoms. The van der Waals surface area contributed by atoms with Crippen molar-refractivity contribution in [3.05, 3.63) is 95.6 Å². The second-order valence-electron chi connectivity index (χ2n) is 7.24. The zero-order valence-electron chi connectivity index (χ0n) is 18.5. The third-order valence-electron chi connectivity index (χ3n) is 4.92. The number of carbonyl (C=O) groups is 1. The van der Waals surface area contributed by atoms with Gasteiger partial charge in [0.2, 0.25) is 11.7 Å². The van der Waals surface area contributed by atoms with E-state index in [0.29, 0.717) is 30.4 Å². The molecule has 5 heteroatoms. The smallest absolute Gasteiger partial charge is 0.243 e. The van der Waals surface area contributed by atoms with Gasteiger partial charge in [-0.25, -0.2) is 0 Å². The van der Waals surface area contributed by atoms with Crippen molar-refractivity contribution >= 4 is 12.0 Å². The summed E-state index contributed by atoms with van der Waals surface area (Å²) in [6, 6.07) is 23.8. The van der Waals surface area contributed by atoms with Gasteiger partial charge in [0.05, 0.1) is 14.2 Å². The largest absolute Gasteiger partial charge is 0.493 e. The maximum atomic E-state index is 12.2. The predicted molar refractivity (Wildman–Crippen MR) is 127 cm³/mol. The Kier molecular flexibility index (Phi) is 8.75. The van der Waals surface area contributed by atoms with Crippen LogP contribution in [-0.4, -0.2) is 26.7 Å². The van der Waals surface area contributed by atoms with Gasteiger partial charge in [-0.15, -0.1) is 0 Å². The third kappa shape index (κ3) is 6.91. The second-order valence-corrected chi connectivity index (χ2v) is 7.24. The number of hydrogen-bond acceptors (Lipinski definition) is 4. The van der Waals surface area contributed by atoms with Crippen LogP contribution in [0.15, 0.2) is 78.9 Å². The number of benzene rings is 3. The summed E-state index contributed by atoms with van der Waals surface area (Å²) < 4.78 is 17.0. The predicted octanol–water partition coefficient (Wildman–Crippen LogP) is 5.05. The summed E-state index contributed by atoms with van der Waals surface area (Å²) in [6.07, 6.45) is 5.07. The zero-order valence-corrected chi connectivity index (χ0v) is 18.5. The highest BCUT2D eigenvalue weighted by molar-refractivity contribution is 5.91. The lowest BCUT2D eigenvalue weighted by atomic mass is 10.1. The lowest BCUT2D eigenvalue weighted by Crippen LogP contribution is -2.22. The molecule has 1 N–H and O–H groups in total. The minimum Gasteiger partial charge on any atom is -0.493 e. The highest BCUT2D eigenvalue weighted by Crippen LogP contribution is 2.39. The molecule has 0 fully saturated rings. The third-order valence-corrected chi connectivity index (χ3v) is 4.92. The minimum atomic E-state index is -0.139. The lowest BCUT2D eigenvalue weighted by molar-refractivity contribution is -0.116. The van der Waals surface area contributed by atoms with Gasteiger partial charge < -0.3 is 19.5 Å². The van der Waals surface area contributed by atoms with E-state index in [2.05, 4.69) is 17.4 Å². The first-order valence-electron chi connectivity index (χ1n) is 10.6. The summed E-state index contributed by atoms with van der Waals surface area (Å²) in [5.41, 5.74) is 3.10. The molecule has 0 aliphatic rings. The molecule has 0 aliphatic carbocycles. The molecule has 0 aromatic heterocycles. The van der Waals surface area contributed by atoms with Gasteiger partial charge in [-0.1, -0.05) is 60.7 Å². The summed E-state index contributed by atoms with van der Waals surface area (Å²) in [4.78, 5) is 12.2. The molecular weight excluding hydrogens is 402 g/mol. The Morgan fingerprint density at radius 2 is 1.47 bits per heavy atom. The van der Waals surface area contributed by atoms with Gasteiger partial charge in [0.15, 0.2) is 11.5 Å². The lowest BCUT2D eigenvalue weighted by Gasteiger charge is -2.15. The Morgan fingerprint density at radius 1 is 0.875 bits per heavy atom. The molecule has 0 spiro atoms. The molecule has 3 aromatic rings. The number of carbonyl (C=O) groups excluding carboxylic acids is 1. The summed E-state index contributed by atoms with van der Waals surface area (Å²) in [7, 11) is 3.16. The molecule has 0 saturated carbocycles. The summed E-state index contributed by atoms with van der Waals surface area (Å²) >= 11 is 0. The van der Waals surface area contributed by atoms with Gasteiger partial charge in [0.25, 0.3) is 0 Å². The van der Waals surface area contributed by atoms with E-state index < -0.39 is 0 Å². The van der Waals surface area contributed by atoms with Crippen LogP contribution in [0.3, 0.4) is 0 Å². The topological polar surface area (TPSA) is 56.8 Å². The van der Waals surface area contributed by atoms with Crippen LogP contribution in [0.25, 0.3) is 6.08 Å². The molecule has 0 aliphatic heterocycles. The minimum absolute atomic E-state index is 0.139. The van der Waals surface area contributed by atoms with E-state index in [0.717, 1.165) is 24.0 Å². The van der Waals surface area contributed by atoms with Crippen LogP contribution in [0, 0.1) is 0 Å². The Balaban J connectivity index is 1.58. The number of amides is 1. The number of rotatable bonds is 11. The van der Waals surface area contributed by atoms with E-state index in [1.165, 1.54) is 11.6 Å². The quantitative estimate of drug-likeness (QED) is 0.341. The van der Waals surface area contributed by atoms with E-state index in [-0.39, 0.29) is 5.91 Å². The highest BCUT2D eigenvalue weighted by atomic mass is 16.5. The number of nitrogens with one attached hydrogen (secondary N) is 1. The number of methoxy groups -OCH3 is 2. The van der Waals surface area contributed by atoms with Gasteiger partial charge >= 0.3 is 0 Å². The molecule has 0 unspecified atom stereocenters. The molecule has 0 atom stereocenters. The number of ether oxygens (including phenoxy) is 3. The molecule has 3 aromatic carbocycles. The standard InChI is InChI=1S/C27H29NO4/c1-30-24-18-23(15-16-26(29)28-17-9-14-21-10-5-3-6-11-21)19-25(31-2)27(24)32-20-22-12-7-4-8-13-22/h3-8,10-13,15-16,18-19H,9,14,17,20H2,1-2H3,(H,28,29). The fourth-order valence-electron chi connectivity index (χ4n) is 3.25. The van der Waals surface area contributed by atoms with Crippen LogP contribution in [0.1, 0.15) is 23.1 Å². The first-order valence-corrected chi connectivity index (χ1v) is 10.6. The molecule has 5 nitrogen and oxygen atoms in total. The van der Waals surface area contributed by atoms with E-state index in [9.17, 15) is 4.79 Å². The molecule has 0 radical (unpaired) electrons. The average molecular weight is 432 g/mol. The Morgan fingerprint density at radius 3 is 2.06 bits per heavy atom. The molecule has 166 valence electrons. The second kappa shape index (κ2) is 12.2. The number of aryl methyl sites for hydroxylation is 1. The molecular formula is C27H29NO4. The van der Waals surface area contributed by atoms with E-state index in [1.807, 2.05) is 60.7 Å². The van der Waals surface area contributed by atoms with Crippen LogP contribution in [0.2, 0.25) is 0 Å². The zero-order chi connectivity index (χ0) is 22.6. The molecule has 0 heterocycles. The molecule has 0 saturated heterocycles. The van der Waals surface area contributed by atoms with Crippen LogP contribution in [0.4, 0.5) is 0 Å². The monoisotopic (exact) mass is 431 g/mol. The maximum absolute atomic E-state index is 12.2. The average Bonchev–Trinajstić information content (AvgIpc) is 2.85. The van der Waals surface area contributed by atoms with Gasteiger partial charge in [0.1, 0.15) is 6.61 Å². The Bertz CT molecular complexity index is 991. The van der Waals surface area contributed by atoms with Crippen LogP contribution in [0.5, 0.6) is 17.2 Å². The molecule has 1 amide bonds. The number of hydrogen-bond donors (Lipinski definition) is 1. The van der Waals surface area contributed by atoms with E-state index in [4.69, 9.17) is 14.2 Å². The van der Waals surface area contributed by atoms with Gasteiger partial charge in [-0.3, -0.25) is 4.79 Å². The van der Waals surface area contributed by atoms with Crippen LogP contribution >= 0.6 is 0 Å². The fourth-order valence-corrected chi connectivity index (χ4v) is 3.25. The van der Waals surface area contributed by atoms with Crippen molar-refractivity contribution in [2.45, 2.75) is 19.4 Å². The van der Waals surface area contributed by atoms with Crippen molar-refractivity contribution in [3.63, 3.8) is 0 Å². The van der Waals surface area contributed by atoms with E-state index in [1.54, 1.807) is 20.3 Å². The van der Waals surface area contributed by atoms with Crippen molar-refractivity contribution in [1.29, 1.82) is 0 Å². The Hall–Kier alpha value is -3.73. The van der Waals surface area contributed by atoms with Crippen molar-refractivity contribution < 1.29 is 19.0 Å². The van der Waals surface area contributed by atoms with Gasteiger partial charge in [-0.05, 0) is 47.7 Å². The molecule has 32 heavy (non-hydrogen) atoms. The summed E-state index contributed by atoms with van der Waals surface area (Å²) in [6.45, 7) is 1.02. The van der Waals surface area contributed by atoms with Crippen molar-refractivity contribution in [1.82, 2.24) is 5.32 Å². The maximum Gasteiger partial charge on any atom is 0.243 e. The first-order chi connectivity index (χ1) is 15.7. The van der Waals surface area contributed by atoms with Gasteiger partial charge in [0, 0.05) is 12.6 Å². The summed E-state index contributed by atoms with van der Waals surface area (Å²) in [5.74, 6) is 1.48. The van der Waals surface area contributed by atoms with Crippen LogP contribution < -0.4 is 19.5 Å². The molecule has 3 rings (SSSR count). The van der Waals surface area contributed by atoms with Crippen molar-refractivity contribution in [3.8, 4) is 17.2 Å². The SMILES string of the molecule is COc1cc(C=CC(=O)NCCCc2ccccc2)cc(OC)c1OCc1ccccc1. The van der Waals surface area contributed by atoms with Crippen molar-refractivity contribution in [2.75, 3.05) is 20.8 Å². The van der Waals surface area contributed by atoms with Crippen LogP contribution in [-0.2, 0) is 17.8 Å². The fraction of sp³-hybridized carbons (Fsp3) is 0.222. The Labute approximate surface area is 189 Å². The van der Waals surface area contributed by atoms with Crippen molar-refractivity contribution in [2.24, 2.45) is 0 Å². The highest BCUT2D eigenvalue weighted by Gasteiger charge is 2.14. The summed E-state index contributed by atoms with van der Waals surface area (Å²) in [5, 5.41) is 2.92. The normalized spacial score (nSPS) is 10.7. The van der Waals surface area contributed by atoms with Gasteiger partial charge in [-0.2, -0.15) is 0 Å².